The number of alkyl halides is 1. The predicted molar refractivity (Wildman–Crippen MR) is 86.9 cm³/mol. The van der Waals surface area contributed by atoms with Crippen molar-refractivity contribution in [3.63, 3.8) is 0 Å². The molecule has 1 unspecified atom stereocenters. The minimum absolute atomic E-state index is 0.0212. The summed E-state index contributed by atoms with van der Waals surface area (Å²) in [6.07, 6.45) is 8.25. The first kappa shape index (κ1) is 15.5. The number of aromatic nitrogens is 2. The zero-order valence-electron chi connectivity index (χ0n) is 12.6. The first-order valence-corrected chi connectivity index (χ1v) is 8.48. The van der Waals surface area contributed by atoms with Gasteiger partial charge in [0.15, 0.2) is 5.82 Å². The predicted octanol–water partition coefficient (Wildman–Crippen LogP) is 3.14. The lowest BCUT2D eigenvalue weighted by atomic mass is 10.1. The van der Waals surface area contributed by atoms with Gasteiger partial charge in [-0.3, -0.25) is 4.79 Å². The Kier molecular flexibility index (Phi) is 4.89. The number of hydrogen-bond donors (Lipinski definition) is 0. The molecule has 1 aliphatic heterocycles. The summed E-state index contributed by atoms with van der Waals surface area (Å²) in [5, 5.41) is 0.887. The molecule has 5 heteroatoms. The van der Waals surface area contributed by atoms with Crippen molar-refractivity contribution >= 4 is 21.7 Å². The van der Waals surface area contributed by atoms with E-state index in [1.807, 2.05) is 20.8 Å². The lowest BCUT2D eigenvalue weighted by molar-refractivity contribution is 0.381. The number of anilines is 1. The zero-order chi connectivity index (χ0) is 14.8. The van der Waals surface area contributed by atoms with Gasteiger partial charge in [0, 0.05) is 35.8 Å². The van der Waals surface area contributed by atoms with E-state index in [0.717, 1.165) is 24.7 Å². The molecule has 20 heavy (non-hydrogen) atoms. The summed E-state index contributed by atoms with van der Waals surface area (Å²) >= 11 is 3.59. The van der Waals surface area contributed by atoms with Gasteiger partial charge in [-0.1, -0.05) is 28.8 Å². The number of hydrogen-bond acceptors (Lipinski definition) is 3. The van der Waals surface area contributed by atoms with Crippen LogP contribution in [0.4, 0.5) is 5.82 Å². The molecule has 2 heterocycles. The van der Waals surface area contributed by atoms with Gasteiger partial charge in [-0.25, -0.2) is 4.98 Å². The highest BCUT2D eigenvalue weighted by Gasteiger charge is 2.25. The van der Waals surface area contributed by atoms with Crippen molar-refractivity contribution in [2.24, 2.45) is 0 Å². The van der Waals surface area contributed by atoms with Gasteiger partial charge in [0.25, 0.3) is 5.56 Å². The second kappa shape index (κ2) is 6.29. The molecule has 0 aromatic carbocycles. The SMILES string of the molecule is CC(C)(C)n1ccnc(N2CCCCCC2CBr)c1=O. The molecular formula is C15H24BrN3O. The third kappa shape index (κ3) is 3.25. The Morgan fingerprint density at radius 1 is 1.35 bits per heavy atom. The topological polar surface area (TPSA) is 38.1 Å². The van der Waals surface area contributed by atoms with Crippen molar-refractivity contribution in [3.05, 3.63) is 22.7 Å². The molecule has 1 fully saturated rings. The van der Waals surface area contributed by atoms with Gasteiger partial charge in [0.2, 0.25) is 0 Å². The van der Waals surface area contributed by atoms with E-state index in [0.29, 0.717) is 11.9 Å². The average molecular weight is 342 g/mol. The van der Waals surface area contributed by atoms with Crippen molar-refractivity contribution in [1.29, 1.82) is 0 Å². The maximum absolute atomic E-state index is 12.7. The largest absolute Gasteiger partial charge is 0.348 e. The first-order valence-electron chi connectivity index (χ1n) is 7.36. The van der Waals surface area contributed by atoms with E-state index in [1.165, 1.54) is 12.8 Å². The van der Waals surface area contributed by atoms with E-state index >= 15 is 0 Å². The zero-order valence-corrected chi connectivity index (χ0v) is 14.2. The summed E-state index contributed by atoms with van der Waals surface area (Å²) in [6, 6.07) is 0.369. The molecule has 0 spiro atoms. The number of nitrogens with zero attached hydrogens (tertiary/aromatic N) is 3. The molecule has 1 aromatic rings. The Labute approximate surface area is 129 Å². The molecule has 1 saturated heterocycles. The standard InChI is InChI=1S/C15H24BrN3O/c1-15(2,3)19-10-8-17-13(14(19)20)18-9-6-4-5-7-12(18)11-16/h8,10,12H,4-7,9,11H2,1-3H3. The van der Waals surface area contributed by atoms with Crippen LogP contribution in [0.2, 0.25) is 0 Å². The van der Waals surface area contributed by atoms with Crippen molar-refractivity contribution in [2.45, 2.75) is 58.0 Å². The van der Waals surface area contributed by atoms with Crippen LogP contribution in [0.25, 0.3) is 0 Å². The van der Waals surface area contributed by atoms with Gasteiger partial charge in [-0.15, -0.1) is 0 Å². The van der Waals surface area contributed by atoms with Crippen LogP contribution >= 0.6 is 15.9 Å². The van der Waals surface area contributed by atoms with Crippen molar-refractivity contribution in [3.8, 4) is 0 Å². The van der Waals surface area contributed by atoms with Crippen molar-refractivity contribution < 1.29 is 0 Å². The first-order chi connectivity index (χ1) is 9.45. The maximum atomic E-state index is 12.7. The summed E-state index contributed by atoms with van der Waals surface area (Å²) in [5.74, 6) is 0.605. The second-order valence-electron chi connectivity index (χ2n) is 6.45. The molecule has 2 rings (SSSR count). The van der Waals surface area contributed by atoms with E-state index in [4.69, 9.17) is 0 Å². The Balaban J connectivity index is 2.43. The van der Waals surface area contributed by atoms with Gasteiger partial charge < -0.3 is 9.47 Å². The highest BCUT2D eigenvalue weighted by molar-refractivity contribution is 9.09. The van der Waals surface area contributed by atoms with Crippen LogP contribution in [-0.4, -0.2) is 27.5 Å². The fourth-order valence-corrected chi connectivity index (χ4v) is 3.42. The summed E-state index contributed by atoms with van der Waals surface area (Å²) in [6.45, 7) is 7.06. The van der Waals surface area contributed by atoms with Crippen LogP contribution < -0.4 is 10.5 Å². The van der Waals surface area contributed by atoms with Crippen molar-refractivity contribution in [1.82, 2.24) is 9.55 Å². The molecule has 0 radical (unpaired) electrons. The smallest absolute Gasteiger partial charge is 0.293 e. The molecule has 1 aromatic heterocycles. The fourth-order valence-electron chi connectivity index (χ4n) is 2.74. The molecule has 1 aliphatic rings. The third-order valence-corrected chi connectivity index (χ3v) is 4.62. The summed E-state index contributed by atoms with van der Waals surface area (Å²) < 4.78 is 1.78. The van der Waals surface area contributed by atoms with Crippen LogP contribution in [0.5, 0.6) is 0 Å². The minimum atomic E-state index is -0.218. The normalized spacial score (nSPS) is 20.8. The molecule has 0 aliphatic carbocycles. The Hall–Kier alpha value is -0.840. The van der Waals surface area contributed by atoms with E-state index in [2.05, 4.69) is 25.8 Å². The minimum Gasteiger partial charge on any atom is -0.348 e. The lowest BCUT2D eigenvalue weighted by Gasteiger charge is -2.31. The average Bonchev–Trinajstić information content (AvgIpc) is 2.62. The molecule has 0 N–H and O–H groups in total. The lowest BCUT2D eigenvalue weighted by Crippen LogP contribution is -2.43. The van der Waals surface area contributed by atoms with Gasteiger partial charge in [0.05, 0.1) is 0 Å². The van der Waals surface area contributed by atoms with E-state index < -0.39 is 0 Å². The second-order valence-corrected chi connectivity index (χ2v) is 7.10. The molecule has 112 valence electrons. The fraction of sp³-hybridized carbons (Fsp3) is 0.733. The quantitative estimate of drug-likeness (QED) is 0.775. The third-order valence-electron chi connectivity index (χ3n) is 3.87. The monoisotopic (exact) mass is 341 g/mol. The van der Waals surface area contributed by atoms with Gasteiger partial charge in [-0.05, 0) is 33.6 Å². The summed E-state index contributed by atoms with van der Waals surface area (Å²) in [5.41, 5.74) is -0.197. The van der Waals surface area contributed by atoms with Gasteiger partial charge in [-0.2, -0.15) is 0 Å². The van der Waals surface area contributed by atoms with Crippen molar-refractivity contribution in [2.75, 3.05) is 16.8 Å². The van der Waals surface area contributed by atoms with E-state index in [-0.39, 0.29) is 11.1 Å². The van der Waals surface area contributed by atoms with Gasteiger partial charge >= 0.3 is 0 Å². The summed E-state index contributed by atoms with van der Waals surface area (Å²) in [4.78, 5) is 19.3. The van der Waals surface area contributed by atoms with Crippen LogP contribution in [0, 0.1) is 0 Å². The highest BCUT2D eigenvalue weighted by atomic mass is 79.9. The molecule has 0 amide bonds. The van der Waals surface area contributed by atoms with E-state index in [1.54, 1.807) is 17.0 Å². The molecule has 0 saturated carbocycles. The molecular weight excluding hydrogens is 318 g/mol. The van der Waals surface area contributed by atoms with Crippen LogP contribution in [0.15, 0.2) is 17.2 Å². The highest BCUT2D eigenvalue weighted by Crippen LogP contribution is 2.22. The van der Waals surface area contributed by atoms with Gasteiger partial charge in [0.1, 0.15) is 0 Å². The molecule has 4 nitrogen and oxygen atoms in total. The maximum Gasteiger partial charge on any atom is 0.293 e. The van der Waals surface area contributed by atoms with Crippen LogP contribution in [-0.2, 0) is 5.54 Å². The molecule has 0 bridgehead atoms. The Morgan fingerprint density at radius 3 is 2.75 bits per heavy atom. The number of rotatable bonds is 2. The van der Waals surface area contributed by atoms with Crippen LogP contribution in [0.3, 0.4) is 0 Å². The number of halogens is 1. The van der Waals surface area contributed by atoms with Crippen LogP contribution in [0.1, 0.15) is 46.5 Å². The molecule has 1 atom stereocenters. The van der Waals surface area contributed by atoms with E-state index in [9.17, 15) is 4.79 Å². The Morgan fingerprint density at radius 2 is 2.10 bits per heavy atom. The summed E-state index contributed by atoms with van der Waals surface area (Å²) in [7, 11) is 0. The Bertz CT molecular complexity index is 507.